The van der Waals surface area contributed by atoms with Crippen LogP contribution in [-0.2, 0) is 0 Å². The fraction of sp³-hybridized carbons (Fsp3) is 0. The number of rotatable bonds is 1. The number of halogens is 1. The van der Waals surface area contributed by atoms with E-state index in [2.05, 4.69) is 4.98 Å². The lowest BCUT2D eigenvalue weighted by Crippen LogP contribution is -2.32. The van der Waals surface area contributed by atoms with Gasteiger partial charge in [-0.1, -0.05) is 11.6 Å². The number of hydrogen-bond donors (Lipinski definition) is 3. The highest BCUT2D eigenvalue weighted by Crippen LogP contribution is 2.06. The van der Waals surface area contributed by atoms with E-state index in [1.54, 1.807) is 0 Å². The van der Waals surface area contributed by atoms with E-state index in [1.807, 2.05) is 0 Å². The van der Waals surface area contributed by atoms with Crippen molar-refractivity contribution in [1.82, 2.24) is 4.98 Å². The molecule has 0 unspecified atom stereocenters. The van der Waals surface area contributed by atoms with Gasteiger partial charge in [-0.05, 0) is 6.07 Å². The normalized spacial score (nSPS) is 9.73. The minimum atomic E-state index is -1.60. The second-order valence-electron chi connectivity index (χ2n) is 2.01. The zero-order valence-corrected chi connectivity index (χ0v) is 6.28. The Balaban J connectivity index is 3.09. The van der Waals surface area contributed by atoms with Crippen LogP contribution >= 0.6 is 11.6 Å². The second kappa shape index (κ2) is 3.08. The van der Waals surface area contributed by atoms with Crippen LogP contribution in [0.15, 0.2) is 12.3 Å². The standard InChI is InChI=1S/C5H6BClN2O2/c7-5-1-4(8)3(2-9-5)6(10)11/h1-2,10-11H,(H2,8,9). The molecule has 0 aliphatic carbocycles. The van der Waals surface area contributed by atoms with E-state index in [1.165, 1.54) is 12.3 Å². The van der Waals surface area contributed by atoms with Gasteiger partial charge in [0.1, 0.15) is 5.15 Å². The molecular formula is C5H6BClN2O2. The molecule has 0 amide bonds. The van der Waals surface area contributed by atoms with E-state index in [9.17, 15) is 0 Å². The summed E-state index contributed by atoms with van der Waals surface area (Å²) in [6.45, 7) is 0. The third-order valence-corrected chi connectivity index (χ3v) is 1.42. The van der Waals surface area contributed by atoms with Gasteiger partial charge in [0.05, 0.1) is 0 Å². The summed E-state index contributed by atoms with van der Waals surface area (Å²) in [6.07, 6.45) is 1.22. The number of nitrogens with two attached hydrogens (primary N) is 1. The van der Waals surface area contributed by atoms with E-state index in [4.69, 9.17) is 27.4 Å². The van der Waals surface area contributed by atoms with Crippen molar-refractivity contribution in [2.45, 2.75) is 0 Å². The molecule has 58 valence electrons. The summed E-state index contributed by atoms with van der Waals surface area (Å²) in [4.78, 5) is 3.63. The van der Waals surface area contributed by atoms with Gasteiger partial charge in [0.15, 0.2) is 0 Å². The van der Waals surface area contributed by atoms with Gasteiger partial charge in [-0.3, -0.25) is 0 Å². The van der Waals surface area contributed by atoms with Crippen LogP contribution in [0, 0.1) is 0 Å². The van der Waals surface area contributed by atoms with Gasteiger partial charge in [0, 0.05) is 17.3 Å². The molecule has 6 heteroatoms. The molecule has 11 heavy (non-hydrogen) atoms. The predicted octanol–water partition coefficient (Wildman–Crippen LogP) is -1.00. The third kappa shape index (κ3) is 1.83. The fourth-order valence-corrected chi connectivity index (χ4v) is 0.837. The molecule has 0 bridgehead atoms. The Kier molecular flexibility index (Phi) is 2.33. The number of nitrogens with zero attached hydrogens (tertiary/aromatic N) is 1. The minimum absolute atomic E-state index is 0.161. The van der Waals surface area contributed by atoms with Crippen molar-refractivity contribution in [2.75, 3.05) is 5.73 Å². The number of pyridine rings is 1. The summed E-state index contributed by atoms with van der Waals surface area (Å²) in [5.41, 5.74) is 5.76. The monoisotopic (exact) mass is 172 g/mol. The molecule has 0 fully saturated rings. The predicted molar refractivity (Wildman–Crippen MR) is 43.5 cm³/mol. The average Bonchev–Trinajstić information content (AvgIpc) is 1.85. The molecule has 1 heterocycles. The molecule has 0 aliphatic heterocycles. The summed E-state index contributed by atoms with van der Waals surface area (Å²) in [5.74, 6) is 0. The Bertz CT molecular complexity index is 269. The quantitative estimate of drug-likeness (QED) is 0.375. The zero-order valence-electron chi connectivity index (χ0n) is 5.53. The Hall–Kier alpha value is -0.775. The smallest absolute Gasteiger partial charge is 0.423 e. The van der Waals surface area contributed by atoms with Crippen LogP contribution < -0.4 is 11.2 Å². The third-order valence-electron chi connectivity index (χ3n) is 1.21. The van der Waals surface area contributed by atoms with Crippen molar-refractivity contribution >= 4 is 29.9 Å². The molecule has 0 aromatic carbocycles. The van der Waals surface area contributed by atoms with Gasteiger partial charge < -0.3 is 15.8 Å². The molecule has 4 nitrogen and oxygen atoms in total. The summed E-state index contributed by atoms with van der Waals surface area (Å²) < 4.78 is 0. The van der Waals surface area contributed by atoms with Crippen molar-refractivity contribution in [2.24, 2.45) is 0 Å². The topological polar surface area (TPSA) is 79.4 Å². The summed E-state index contributed by atoms with van der Waals surface area (Å²) in [7, 11) is -1.60. The maximum Gasteiger partial charge on any atom is 0.492 e. The lowest BCUT2D eigenvalue weighted by atomic mass is 9.80. The Morgan fingerprint density at radius 3 is 2.64 bits per heavy atom. The van der Waals surface area contributed by atoms with E-state index < -0.39 is 7.12 Å². The van der Waals surface area contributed by atoms with Crippen LogP contribution in [0.4, 0.5) is 5.69 Å². The van der Waals surface area contributed by atoms with Crippen molar-refractivity contribution in [3.8, 4) is 0 Å². The first kappa shape index (κ1) is 8.32. The van der Waals surface area contributed by atoms with E-state index in [0.29, 0.717) is 0 Å². The summed E-state index contributed by atoms with van der Waals surface area (Å²) >= 11 is 5.47. The molecule has 0 spiro atoms. The van der Waals surface area contributed by atoms with Crippen LogP contribution in [0.5, 0.6) is 0 Å². The summed E-state index contributed by atoms with van der Waals surface area (Å²) in [5, 5.41) is 17.6. The number of anilines is 1. The Morgan fingerprint density at radius 2 is 2.18 bits per heavy atom. The van der Waals surface area contributed by atoms with Gasteiger partial charge in [0.2, 0.25) is 0 Å². The molecule has 0 radical (unpaired) electrons. The molecule has 1 aromatic rings. The molecule has 1 aromatic heterocycles. The molecular weight excluding hydrogens is 166 g/mol. The van der Waals surface area contributed by atoms with Gasteiger partial charge in [-0.25, -0.2) is 4.98 Å². The highest BCUT2D eigenvalue weighted by molar-refractivity contribution is 6.60. The number of nitrogen functional groups attached to an aromatic ring is 1. The van der Waals surface area contributed by atoms with Crippen molar-refractivity contribution < 1.29 is 10.0 Å². The maximum atomic E-state index is 8.69. The highest BCUT2D eigenvalue weighted by atomic mass is 35.5. The summed E-state index contributed by atoms with van der Waals surface area (Å²) in [6, 6.07) is 1.36. The Morgan fingerprint density at radius 1 is 1.55 bits per heavy atom. The Labute approximate surface area is 68.8 Å². The molecule has 0 aliphatic rings. The first-order chi connectivity index (χ1) is 5.11. The van der Waals surface area contributed by atoms with Gasteiger partial charge in [0.25, 0.3) is 0 Å². The van der Waals surface area contributed by atoms with Crippen molar-refractivity contribution in [3.63, 3.8) is 0 Å². The van der Waals surface area contributed by atoms with E-state index in [-0.39, 0.29) is 16.3 Å². The van der Waals surface area contributed by atoms with Crippen LogP contribution in [0.25, 0.3) is 0 Å². The lowest BCUT2D eigenvalue weighted by Gasteiger charge is -2.02. The van der Waals surface area contributed by atoms with Crippen molar-refractivity contribution in [1.29, 1.82) is 0 Å². The highest BCUT2D eigenvalue weighted by Gasteiger charge is 2.14. The van der Waals surface area contributed by atoms with Crippen LogP contribution in [-0.4, -0.2) is 22.2 Å². The van der Waals surface area contributed by atoms with Crippen LogP contribution in [0.3, 0.4) is 0 Å². The lowest BCUT2D eigenvalue weighted by molar-refractivity contribution is 0.426. The number of hydrogen-bond acceptors (Lipinski definition) is 4. The molecule has 0 saturated heterocycles. The molecule has 0 atom stereocenters. The fourth-order valence-electron chi connectivity index (χ4n) is 0.670. The van der Waals surface area contributed by atoms with Gasteiger partial charge in [-0.2, -0.15) is 0 Å². The van der Waals surface area contributed by atoms with Crippen LogP contribution in [0.2, 0.25) is 5.15 Å². The minimum Gasteiger partial charge on any atom is -0.423 e. The van der Waals surface area contributed by atoms with E-state index in [0.717, 1.165) is 0 Å². The largest absolute Gasteiger partial charge is 0.492 e. The SMILES string of the molecule is Nc1cc(Cl)ncc1B(O)O. The maximum absolute atomic E-state index is 8.69. The van der Waals surface area contributed by atoms with Gasteiger partial charge >= 0.3 is 7.12 Å². The molecule has 1 rings (SSSR count). The first-order valence-electron chi connectivity index (χ1n) is 2.88. The van der Waals surface area contributed by atoms with E-state index >= 15 is 0 Å². The number of aromatic nitrogens is 1. The first-order valence-corrected chi connectivity index (χ1v) is 3.26. The second-order valence-corrected chi connectivity index (χ2v) is 2.40. The molecule has 0 saturated carbocycles. The average molecular weight is 172 g/mol. The van der Waals surface area contributed by atoms with Crippen LogP contribution in [0.1, 0.15) is 0 Å². The van der Waals surface area contributed by atoms with Crippen molar-refractivity contribution in [3.05, 3.63) is 17.4 Å². The molecule has 4 N–H and O–H groups in total. The zero-order chi connectivity index (χ0) is 8.43. The van der Waals surface area contributed by atoms with Gasteiger partial charge in [-0.15, -0.1) is 0 Å².